The lowest BCUT2D eigenvalue weighted by Gasteiger charge is -2.32. The second-order valence-corrected chi connectivity index (χ2v) is 7.34. The summed E-state index contributed by atoms with van der Waals surface area (Å²) in [6.45, 7) is 3.26. The van der Waals surface area contributed by atoms with E-state index in [0.717, 1.165) is 19.3 Å². The van der Waals surface area contributed by atoms with Gasteiger partial charge < -0.3 is 0 Å². The van der Waals surface area contributed by atoms with Crippen LogP contribution in [0.15, 0.2) is 24.5 Å². The Balaban J connectivity index is 1.98. The highest BCUT2D eigenvalue weighted by Crippen LogP contribution is 2.22. The van der Waals surface area contributed by atoms with Gasteiger partial charge >= 0.3 is 0 Å². The van der Waals surface area contributed by atoms with Gasteiger partial charge in [0.05, 0.1) is 5.75 Å². The minimum absolute atomic E-state index is 0.270. The van der Waals surface area contributed by atoms with Crippen LogP contribution < -0.4 is 0 Å². The first-order chi connectivity index (χ1) is 9.12. The van der Waals surface area contributed by atoms with Gasteiger partial charge in [-0.3, -0.25) is 4.98 Å². The van der Waals surface area contributed by atoms with Crippen LogP contribution in [0, 0.1) is 5.92 Å². The Labute approximate surface area is 115 Å². The molecule has 0 bridgehead atoms. The third-order valence-electron chi connectivity index (χ3n) is 3.58. The van der Waals surface area contributed by atoms with E-state index in [-0.39, 0.29) is 5.75 Å². The van der Waals surface area contributed by atoms with Crippen molar-refractivity contribution in [2.24, 2.45) is 5.92 Å². The van der Waals surface area contributed by atoms with Crippen LogP contribution in [0.1, 0.15) is 31.7 Å². The molecule has 5 heteroatoms. The number of sulfonamides is 1. The predicted molar refractivity (Wildman–Crippen MR) is 76.3 cm³/mol. The quantitative estimate of drug-likeness (QED) is 0.831. The van der Waals surface area contributed by atoms with Crippen molar-refractivity contribution in [1.82, 2.24) is 9.29 Å². The standard InChI is InChI=1S/C14H22N2O2S/c1-2-9-19(17,18)16-8-4-6-14(12-16)10-13-5-3-7-15-11-13/h3,5,7,11,14H,2,4,6,8-10,12H2,1H3/t14-/m1/s1. The molecule has 1 aliphatic heterocycles. The maximum absolute atomic E-state index is 12.1. The Bertz CT molecular complexity index is 487. The number of hydrogen-bond donors (Lipinski definition) is 0. The average molecular weight is 282 g/mol. The van der Waals surface area contributed by atoms with Crippen molar-refractivity contribution < 1.29 is 8.42 Å². The lowest BCUT2D eigenvalue weighted by Crippen LogP contribution is -2.41. The Morgan fingerprint density at radius 1 is 1.47 bits per heavy atom. The molecule has 2 heterocycles. The van der Waals surface area contributed by atoms with Crippen LogP contribution in [0.3, 0.4) is 0 Å². The van der Waals surface area contributed by atoms with Crippen LogP contribution >= 0.6 is 0 Å². The fraction of sp³-hybridized carbons (Fsp3) is 0.643. The number of aromatic nitrogens is 1. The summed E-state index contributed by atoms with van der Waals surface area (Å²) in [6.07, 6.45) is 7.32. The maximum Gasteiger partial charge on any atom is 0.214 e. The molecule has 4 nitrogen and oxygen atoms in total. The second kappa shape index (κ2) is 6.48. The molecular formula is C14H22N2O2S. The molecule has 1 atom stereocenters. The van der Waals surface area contributed by atoms with Gasteiger partial charge in [0.25, 0.3) is 0 Å². The predicted octanol–water partition coefficient (Wildman–Crippen LogP) is 2.08. The minimum atomic E-state index is -3.04. The summed E-state index contributed by atoms with van der Waals surface area (Å²) < 4.78 is 25.9. The second-order valence-electron chi connectivity index (χ2n) is 5.25. The van der Waals surface area contributed by atoms with Crippen LogP contribution in [-0.2, 0) is 16.4 Å². The molecule has 106 valence electrons. The molecule has 0 amide bonds. The lowest BCUT2D eigenvalue weighted by molar-refractivity contribution is 0.265. The van der Waals surface area contributed by atoms with E-state index in [2.05, 4.69) is 11.1 Å². The monoisotopic (exact) mass is 282 g/mol. The zero-order chi connectivity index (χ0) is 13.7. The maximum atomic E-state index is 12.1. The van der Waals surface area contributed by atoms with Gasteiger partial charge in [-0.25, -0.2) is 12.7 Å². The van der Waals surface area contributed by atoms with Crippen molar-refractivity contribution in [3.8, 4) is 0 Å². The first-order valence-corrected chi connectivity index (χ1v) is 8.59. The fourth-order valence-corrected chi connectivity index (χ4v) is 4.30. The Kier molecular flexibility index (Phi) is 4.93. The van der Waals surface area contributed by atoms with Crippen molar-refractivity contribution in [1.29, 1.82) is 0 Å². The zero-order valence-corrected chi connectivity index (χ0v) is 12.3. The van der Waals surface area contributed by atoms with Gasteiger partial charge in [0.15, 0.2) is 0 Å². The Morgan fingerprint density at radius 3 is 3.00 bits per heavy atom. The highest BCUT2D eigenvalue weighted by molar-refractivity contribution is 7.89. The van der Waals surface area contributed by atoms with Crippen molar-refractivity contribution in [3.05, 3.63) is 30.1 Å². The summed E-state index contributed by atoms with van der Waals surface area (Å²) in [5.74, 6) is 0.691. The summed E-state index contributed by atoms with van der Waals surface area (Å²) in [7, 11) is -3.04. The van der Waals surface area contributed by atoms with Gasteiger partial charge in [-0.15, -0.1) is 0 Å². The minimum Gasteiger partial charge on any atom is -0.264 e. The number of nitrogens with zero attached hydrogens (tertiary/aromatic N) is 2. The molecule has 0 N–H and O–H groups in total. The van der Waals surface area contributed by atoms with E-state index >= 15 is 0 Å². The highest BCUT2D eigenvalue weighted by atomic mass is 32.2. The van der Waals surface area contributed by atoms with Crippen molar-refractivity contribution in [2.45, 2.75) is 32.6 Å². The lowest BCUT2D eigenvalue weighted by atomic mass is 9.93. The average Bonchev–Trinajstić information content (AvgIpc) is 2.40. The van der Waals surface area contributed by atoms with Gasteiger partial charge in [-0.05, 0) is 43.2 Å². The molecule has 0 aliphatic carbocycles. The van der Waals surface area contributed by atoms with E-state index < -0.39 is 10.0 Å². The van der Waals surface area contributed by atoms with Crippen LogP contribution in [0.4, 0.5) is 0 Å². The van der Waals surface area contributed by atoms with Crippen molar-refractivity contribution in [3.63, 3.8) is 0 Å². The summed E-state index contributed by atoms with van der Waals surface area (Å²) in [5.41, 5.74) is 1.20. The highest BCUT2D eigenvalue weighted by Gasteiger charge is 2.28. The molecule has 0 saturated carbocycles. The molecule has 2 rings (SSSR count). The van der Waals surface area contributed by atoms with Gasteiger partial charge in [-0.2, -0.15) is 0 Å². The fourth-order valence-electron chi connectivity index (χ4n) is 2.69. The van der Waals surface area contributed by atoms with E-state index in [1.165, 1.54) is 5.56 Å². The van der Waals surface area contributed by atoms with Crippen LogP contribution in [0.5, 0.6) is 0 Å². The Hall–Kier alpha value is -0.940. The molecule has 0 aromatic carbocycles. The van der Waals surface area contributed by atoms with E-state index in [1.807, 2.05) is 19.2 Å². The molecule has 1 aromatic rings. The van der Waals surface area contributed by atoms with E-state index in [4.69, 9.17) is 0 Å². The summed E-state index contributed by atoms with van der Waals surface area (Å²) in [5, 5.41) is 0. The number of piperidine rings is 1. The molecule has 0 radical (unpaired) electrons. The van der Waals surface area contributed by atoms with Gasteiger partial charge in [0, 0.05) is 25.5 Å². The normalized spacial score (nSPS) is 21.4. The third kappa shape index (κ3) is 4.01. The van der Waals surface area contributed by atoms with Gasteiger partial charge in [-0.1, -0.05) is 13.0 Å². The molecule has 1 fully saturated rings. The number of pyridine rings is 1. The molecule has 1 aliphatic rings. The largest absolute Gasteiger partial charge is 0.264 e. The number of rotatable bonds is 5. The topological polar surface area (TPSA) is 50.3 Å². The smallest absolute Gasteiger partial charge is 0.214 e. The molecule has 0 unspecified atom stereocenters. The molecular weight excluding hydrogens is 260 g/mol. The third-order valence-corrected chi connectivity index (χ3v) is 5.63. The van der Waals surface area contributed by atoms with Crippen LogP contribution in [0.25, 0.3) is 0 Å². The van der Waals surface area contributed by atoms with Crippen LogP contribution in [0.2, 0.25) is 0 Å². The molecule has 1 saturated heterocycles. The molecule has 1 aromatic heterocycles. The van der Waals surface area contributed by atoms with Gasteiger partial charge in [0.2, 0.25) is 10.0 Å². The SMILES string of the molecule is CCCS(=O)(=O)N1CCC[C@H](Cc2cccnc2)C1. The van der Waals surface area contributed by atoms with E-state index in [0.29, 0.717) is 25.4 Å². The molecule has 0 spiro atoms. The van der Waals surface area contributed by atoms with Crippen molar-refractivity contribution >= 4 is 10.0 Å². The van der Waals surface area contributed by atoms with Gasteiger partial charge in [0.1, 0.15) is 0 Å². The number of hydrogen-bond acceptors (Lipinski definition) is 3. The first kappa shape index (κ1) is 14.5. The van der Waals surface area contributed by atoms with E-state index in [1.54, 1.807) is 10.5 Å². The molecule has 19 heavy (non-hydrogen) atoms. The summed E-state index contributed by atoms with van der Waals surface area (Å²) >= 11 is 0. The zero-order valence-electron chi connectivity index (χ0n) is 11.5. The van der Waals surface area contributed by atoms with E-state index in [9.17, 15) is 8.42 Å². The summed E-state index contributed by atoms with van der Waals surface area (Å²) in [6, 6.07) is 4.00. The first-order valence-electron chi connectivity index (χ1n) is 6.98. The Morgan fingerprint density at radius 2 is 2.32 bits per heavy atom. The van der Waals surface area contributed by atoms with Crippen LogP contribution in [-0.4, -0.2) is 36.5 Å². The van der Waals surface area contributed by atoms with Crippen molar-refractivity contribution in [2.75, 3.05) is 18.8 Å². The summed E-state index contributed by atoms with van der Waals surface area (Å²) in [4.78, 5) is 4.12.